The lowest BCUT2D eigenvalue weighted by atomic mass is 10.1. The van der Waals surface area contributed by atoms with Gasteiger partial charge in [-0.1, -0.05) is 29.8 Å². The molecule has 0 heterocycles. The van der Waals surface area contributed by atoms with Gasteiger partial charge >= 0.3 is 0 Å². The number of nitrogen functional groups attached to an aromatic ring is 1. The predicted octanol–water partition coefficient (Wildman–Crippen LogP) is 3.24. The van der Waals surface area contributed by atoms with Crippen molar-refractivity contribution in [1.29, 1.82) is 0 Å². The monoisotopic (exact) mass is 278 g/mol. The van der Waals surface area contributed by atoms with Crippen LogP contribution in [0.25, 0.3) is 0 Å². The second-order valence-corrected chi connectivity index (χ2v) is 4.46. The molecule has 0 aliphatic heterocycles. The van der Waals surface area contributed by atoms with Gasteiger partial charge in [-0.2, -0.15) is 0 Å². The number of amides is 1. The maximum Gasteiger partial charge on any atom is 0.228 e. The Balaban J connectivity index is 2.07. The number of carbonyl (C=O) groups excluding carboxylic acids is 1. The smallest absolute Gasteiger partial charge is 0.228 e. The third-order valence-electron chi connectivity index (χ3n) is 2.59. The molecule has 0 saturated heterocycles. The second kappa shape index (κ2) is 5.71. The standard InChI is InChI=1S/C14H12ClFN2O/c15-11-2-1-3-12(17)14(11)18-13(19)8-9-4-6-10(16)7-5-9/h1-7H,8,17H2,(H,18,19). The summed E-state index contributed by atoms with van der Waals surface area (Å²) >= 11 is 5.95. The summed E-state index contributed by atoms with van der Waals surface area (Å²) in [5, 5.41) is 3.03. The first kappa shape index (κ1) is 13.4. The van der Waals surface area contributed by atoms with Gasteiger partial charge in [0.25, 0.3) is 0 Å². The van der Waals surface area contributed by atoms with Crippen LogP contribution in [0.3, 0.4) is 0 Å². The summed E-state index contributed by atoms with van der Waals surface area (Å²) in [5.74, 6) is -0.592. The van der Waals surface area contributed by atoms with Gasteiger partial charge in [0, 0.05) is 0 Å². The van der Waals surface area contributed by atoms with Crippen LogP contribution in [-0.4, -0.2) is 5.91 Å². The van der Waals surface area contributed by atoms with Crippen molar-refractivity contribution in [2.24, 2.45) is 0 Å². The summed E-state index contributed by atoms with van der Waals surface area (Å²) in [6.45, 7) is 0. The summed E-state index contributed by atoms with van der Waals surface area (Å²) in [6, 6.07) is 10.7. The molecular weight excluding hydrogens is 267 g/mol. The van der Waals surface area contributed by atoms with E-state index >= 15 is 0 Å². The number of nitrogens with two attached hydrogens (primary N) is 1. The highest BCUT2D eigenvalue weighted by atomic mass is 35.5. The minimum absolute atomic E-state index is 0.130. The number of carbonyl (C=O) groups is 1. The fourth-order valence-corrected chi connectivity index (χ4v) is 1.87. The van der Waals surface area contributed by atoms with Gasteiger partial charge in [0.05, 0.1) is 22.8 Å². The normalized spacial score (nSPS) is 10.2. The first-order valence-corrected chi connectivity index (χ1v) is 6.02. The van der Waals surface area contributed by atoms with Gasteiger partial charge in [0.15, 0.2) is 0 Å². The molecule has 3 nitrogen and oxygen atoms in total. The highest BCUT2D eigenvalue weighted by Crippen LogP contribution is 2.27. The van der Waals surface area contributed by atoms with Crippen LogP contribution in [0.15, 0.2) is 42.5 Å². The Labute approximate surface area is 115 Å². The van der Waals surface area contributed by atoms with Crippen molar-refractivity contribution >= 4 is 28.9 Å². The largest absolute Gasteiger partial charge is 0.397 e. The molecule has 19 heavy (non-hydrogen) atoms. The highest BCUT2D eigenvalue weighted by Gasteiger charge is 2.09. The first-order chi connectivity index (χ1) is 9.06. The van der Waals surface area contributed by atoms with E-state index in [0.717, 1.165) is 0 Å². The van der Waals surface area contributed by atoms with Crippen LogP contribution >= 0.6 is 11.6 Å². The number of benzene rings is 2. The van der Waals surface area contributed by atoms with Crippen molar-refractivity contribution in [2.75, 3.05) is 11.1 Å². The molecule has 0 aliphatic carbocycles. The van der Waals surface area contributed by atoms with Crippen molar-refractivity contribution in [3.8, 4) is 0 Å². The van der Waals surface area contributed by atoms with Gasteiger partial charge in [-0.25, -0.2) is 4.39 Å². The lowest BCUT2D eigenvalue weighted by Gasteiger charge is -2.09. The van der Waals surface area contributed by atoms with Gasteiger partial charge in [0.2, 0.25) is 5.91 Å². The molecule has 0 aromatic heterocycles. The molecule has 1 amide bonds. The number of hydrogen-bond acceptors (Lipinski definition) is 2. The molecule has 0 bridgehead atoms. The quantitative estimate of drug-likeness (QED) is 0.847. The Bertz CT molecular complexity index is 579. The van der Waals surface area contributed by atoms with Crippen LogP contribution in [0.5, 0.6) is 0 Å². The molecule has 2 aromatic rings. The third kappa shape index (κ3) is 3.45. The average molecular weight is 279 g/mol. The van der Waals surface area contributed by atoms with E-state index in [-0.39, 0.29) is 18.1 Å². The van der Waals surface area contributed by atoms with Gasteiger partial charge in [-0.3, -0.25) is 4.79 Å². The number of anilines is 2. The van der Waals surface area contributed by atoms with E-state index in [9.17, 15) is 9.18 Å². The van der Waals surface area contributed by atoms with E-state index in [4.69, 9.17) is 17.3 Å². The Hall–Kier alpha value is -2.07. The van der Waals surface area contributed by atoms with E-state index < -0.39 is 0 Å². The van der Waals surface area contributed by atoms with Crippen LogP contribution in [0, 0.1) is 5.82 Å². The Morgan fingerprint density at radius 1 is 1.21 bits per heavy atom. The molecule has 0 atom stereocenters. The summed E-state index contributed by atoms with van der Waals surface area (Å²) in [6.07, 6.45) is 0.130. The van der Waals surface area contributed by atoms with Crippen molar-refractivity contribution in [3.05, 3.63) is 58.9 Å². The van der Waals surface area contributed by atoms with Crippen molar-refractivity contribution in [3.63, 3.8) is 0 Å². The zero-order valence-electron chi connectivity index (χ0n) is 9.99. The second-order valence-electron chi connectivity index (χ2n) is 4.06. The highest BCUT2D eigenvalue weighted by molar-refractivity contribution is 6.34. The van der Waals surface area contributed by atoms with Crippen LogP contribution in [0.4, 0.5) is 15.8 Å². The molecular formula is C14H12ClFN2O. The van der Waals surface area contributed by atoms with E-state index in [1.165, 1.54) is 12.1 Å². The molecule has 3 N–H and O–H groups in total. The van der Waals surface area contributed by atoms with E-state index in [0.29, 0.717) is 22.0 Å². The number of halogens is 2. The van der Waals surface area contributed by atoms with Crippen molar-refractivity contribution in [1.82, 2.24) is 0 Å². The van der Waals surface area contributed by atoms with Gasteiger partial charge < -0.3 is 11.1 Å². The topological polar surface area (TPSA) is 55.1 Å². The maximum absolute atomic E-state index is 12.7. The lowest BCUT2D eigenvalue weighted by molar-refractivity contribution is -0.115. The number of para-hydroxylation sites is 1. The molecule has 2 rings (SSSR count). The molecule has 2 aromatic carbocycles. The molecule has 0 saturated carbocycles. The van der Waals surface area contributed by atoms with Crippen LogP contribution in [0.1, 0.15) is 5.56 Å². The van der Waals surface area contributed by atoms with E-state index in [1.54, 1.807) is 30.3 Å². The summed E-state index contributed by atoms with van der Waals surface area (Å²) < 4.78 is 12.7. The Morgan fingerprint density at radius 3 is 2.53 bits per heavy atom. The summed E-state index contributed by atoms with van der Waals surface area (Å²) in [4.78, 5) is 11.9. The Morgan fingerprint density at radius 2 is 1.89 bits per heavy atom. The molecule has 5 heteroatoms. The zero-order valence-corrected chi connectivity index (χ0v) is 10.7. The number of hydrogen-bond donors (Lipinski definition) is 2. The van der Waals surface area contributed by atoms with Crippen molar-refractivity contribution in [2.45, 2.75) is 6.42 Å². The van der Waals surface area contributed by atoms with Gasteiger partial charge in [-0.05, 0) is 29.8 Å². The minimum atomic E-state index is -0.334. The maximum atomic E-state index is 12.7. The van der Waals surface area contributed by atoms with Gasteiger partial charge in [-0.15, -0.1) is 0 Å². The van der Waals surface area contributed by atoms with Crippen LogP contribution < -0.4 is 11.1 Å². The van der Waals surface area contributed by atoms with Crippen LogP contribution in [0.2, 0.25) is 5.02 Å². The summed E-state index contributed by atoms with van der Waals surface area (Å²) in [5.41, 5.74) is 7.25. The molecule has 0 spiro atoms. The SMILES string of the molecule is Nc1cccc(Cl)c1NC(=O)Cc1ccc(F)cc1. The molecule has 0 fully saturated rings. The number of nitrogens with one attached hydrogen (secondary N) is 1. The Kier molecular flexibility index (Phi) is 4.02. The zero-order chi connectivity index (χ0) is 13.8. The number of rotatable bonds is 3. The third-order valence-corrected chi connectivity index (χ3v) is 2.90. The fourth-order valence-electron chi connectivity index (χ4n) is 1.64. The van der Waals surface area contributed by atoms with Gasteiger partial charge in [0.1, 0.15) is 5.82 Å². The van der Waals surface area contributed by atoms with Crippen LogP contribution in [-0.2, 0) is 11.2 Å². The molecule has 0 radical (unpaired) electrons. The molecule has 0 unspecified atom stereocenters. The minimum Gasteiger partial charge on any atom is -0.397 e. The first-order valence-electron chi connectivity index (χ1n) is 5.64. The fraction of sp³-hybridized carbons (Fsp3) is 0.0714. The summed E-state index contributed by atoms with van der Waals surface area (Å²) in [7, 11) is 0. The molecule has 98 valence electrons. The predicted molar refractivity (Wildman–Crippen MR) is 74.6 cm³/mol. The lowest BCUT2D eigenvalue weighted by Crippen LogP contribution is -2.15. The van der Waals surface area contributed by atoms with Crippen molar-refractivity contribution < 1.29 is 9.18 Å². The van der Waals surface area contributed by atoms with E-state index in [2.05, 4.69) is 5.32 Å². The van der Waals surface area contributed by atoms with E-state index in [1.807, 2.05) is 0 Å². The molecule has 0 aliphatic rings. The average Bonchev–Trinajstić information content (AvgIpc) is 2.37.